The van der Waals surface area contributed by atoms with Gasteiger partial charge in [0.15, 0.2) is 11.5 Å². The Morgan fingerprint density at radius 3 is 2.38 bits per heavy atom. The van der Waals surface area contributed by atoms with Crippen molar-refractivity contribution in [2.75, 3.05) is 33.9 Å². The number of rotatable bonds is 9. The first kappa shape index (κ1) is 26.1. The normalized spacial score (nSPS) is 24.2. The minimum absolute atomic E-state index is 0.0976. The molecular weight excluding hydrogens is 513 g/mol. The number of fused-ring (bicyclic) bond motifs is 3. The molecule has 1 saturated carbocycles. The highest BCUT2D eigenvalue weighted by Crippen LogP contribution is 2.51. The smallest absolute Gasteiger partial charge is 0.243 e. The summed E-state index contributed by atoms with van der Waals surface area (Å²) < 4.78 is 10.8. The van der Waals surface area contributed by atoms with Crippen LogP contribution in [-0.2, 0) is 21.4 Å². The maximum Gasteiger partial charge on any atom is 0.243 e. The van der Waals surface area contributed by atoms with Gasteiger partial charge in [0.25, 0.3) is 0 Å². The van der Waals surface area contributed by atoms with Gasteiger partial charge < -0.3 is 25.0 Å². The lowest BCUT2D eigenvalue weighted by atomic mass is 9.84. The standard InChI is InChI=1S/C28H33Cl2N3O4/c1-36-24-6-3-17(14-25(24)37-2)13-22(26(34)31-23-16-33-11-7-18(23)8-12-33)32-27(35)28(9-10-28)20-5-4-19(29)15-21(20)30/h3-6,14-15,18,22-23H,7-13,16H2,1-2H3,(H,31,34)(H,32,35). The van der Waals surface area contributed by atoms with Gasteiger partial charge in [-0.15, -0.1) is 0 Å². The van der Waals surface area contributed by atoms with E-state index >= 15 is 0 Å². The molecule has 2 unspecified atom stereocenters. The number of hydrogen-bond donors (Lipinski definition) is 2. The summed E-state index contributed by atoms with van der Waals surface area (Å²) >= 11 is 12.6. The molecule has 0 spiro atoms. The number of halogens is 2. The van der Waals surface area contributed by atoms with Gasteiger partial charge in [0.2, 0.25) is 11.8 Å². The van der Waals surface area contributed by atoms with Crippen molar-refractivity contribution in [2.24, 2.45) is 5.92 Å². The second kappa shape index (κ2) is 10.7. The molecule has 198 valence electrons. The van der Waals surface area contributed by atoms with E-state index < -0.39 is 11.5 Å². The Bertz CT molecular complexity index is 1180. The first-order valence-corrected chi connectivity index (χ1v) is 13.6. The third-order valence-corrected chi connectivity index (χ3v) is 8.67. The SMILES string of the molecule is COc1ccc(CC(NC(=O)C2(c3ccc(Cl)cc3Cl)CC2)C(=O)NC2CN3CCC2CC3)cc1OC. The quantitative estimate of drug-likeness (QED) is 0.498. The molecule has 0 radical (unpaired) electrons. The van der Waals surface area contributed by atoms with E-state index in [4.69, 9.17) is 32.7 Å². The molecule has 2 amide bonds. The van der Waals surface area contributed by atoms with Gasteiger partial charge in [-0.25, -0.2) is 0 Å². The summed E-state index contributed by atoms with van der Waals surface area (Å²) in [5.41, 5.74) is 0.869. The van der Waals surface area contributed by atoms with E-state index in [1.165, 1.54) is 0 Å². The fourth-order valence-corrected chi connectivity index (χ4v) is 6.37. The van der Waals surface area contributed by atoms with Crippen molar-refractivity contribution in [2.45, 2.75) is 49.6 Å². The zero-order chi connectivity index (χ0) is 26.2. The first-order valence-electron chi connectivity index (χ1n) is 12.8. The number of carbonyl (C=O) groups is 2. The molecule has 0 aromatic heterocycles. The summed E-state index contributed by atoms with van der Waals surface area (Å²) in [6.45, 7) is 3.04. The van der Waals surface area contributed by atoms with Crippen molar-refractivity contribution in [3.8, 4) is 11.5 Å². The molecule has 4 fully saturated rings. The van der Waals surface area contributed by atoms with Gasteiger partial charge in [-0.2, -0.15) is 0 Å². The molecule has 37 heavy (non-hydrogen) atoms. The van der Waals surface area contributed by atoms with Crippen molar-refractivity contribution in [1.29, 1.82) is 0 Å². The van der Waals surface area contributed by atoms with Crippen molar-refractivity contribution < 1.29 is 19.1 Å². The van der Waals surface area contributed by atoms with Crippen molar-refractivity contribution in [3.05, 3.63) is 57.6 Å². The highest BCUT2D eigenvalue weighted by Gasteiger charge is 2.53. The monoisotopic (exact) mass is 545 g/mol. The van der Waals surface area contributed by atoms with Crippen molar-refractivity contribution in [3.63, 3.8) is 0 Å². The third-order valence-electron chi connectivity index (χ3n) is 8.12. The lowest BCUT2D eigenvalue weighted by Gasteiger charge is -2.45. The second-order valence-corrected chi connectivity index (χ2v) is 11.2. The van der Waals surface area contributed by atoms with E-state index in [0.29, 0.717) is 46.7 Å². The minimum Gasteiger partial charge on any atom is -0.493 e. The Morgan fingerprint density at radius 2 is 1.78 bits per heavy atom. The van der Waals surface area contributed by atoms with Crippen LogP contribution in [0.25, 0.3) is 0 Å². The van der Waals surface area contributed by atoms with Crippen LogP contribution in [0, 0.1) is 5.92 Å². The molecule has 2 aromatic carbocycles. The summed E-state index contributed by atoms with van der Waals surface area (Å²) in [5, 5.41) is 7.33. The number of carbonyl (C=O) groups excluding carboxylic acids is 2. The molecule has 9 heteroatoms. The largest absolute Gasteiger partial charge is 0.493 e. The summed E-state index contributed by atoms with van der Waals surface area (Å²) in [5.74, 6) is 1.31. The number of nitrogens with one attached hydrogen (secondary N) is 2. The van der Waals surface area contributed by atoms with E-state index in [0.717, 1.165) is 43.6 Å². The number of methoxy groups -OCH3 is 2. The minimum atomic E-state index is -0.746. The van der Waals surface area contributed by atoms with Crippen LogP contribution in [0.15, 0.2) is 36.4 Å². The Balaban J connectivity index is 1.38. The molecule has 2 N–H and O–H groups in total. The van der Waals surface area contributed by atoms with Gasteiger partial charge in [-0.05, 0) is 80.1 Å². The van der Waals surface area contributed by atoms with E-state index in [1.54, 1.807) is 26.4 Å². The Labute approximate surface area is 227 Å². The summed E-state index contributed by atoms with van der Waals surface area (Å²) in [6, 6.07) is 10.1. The maximum absolute atomic E-state index is 13.7. The summed E-state index contributed by atoms with van der Waals surface area (Å²) in [6.07, 6.45) is 3.85. The number of ether oxygens (including phenoxy) is 2. The fourth-order valence-electron chi connectivity index (χ4n) is 5.78. The van der Waals surface area contributed by atoms with Gasteiger partial charge in [0, 0.05) is 29.1 Å². The van der Waals surface area contributed by atoms with Crippen LogP contribution < -0.4 is 20.1 Å². The number of amides is 2. The number of benzene rings is 2. The molecule has 1 aliphatic carbocycles. The lowest BCUT2D eigenvalue weighted by Crippen LogP contribution is -2.60. The molecule has 6 rings (SSSR count). The summed E-state index contributed by atoms with van der Waals surface area (Å²) in [4.78, 5) is 29.7. The van der Waals surface area contributed by atoms with Gasteiger partial charge in [-0.3, -0.25) is 9.59 Å². The van der Waals surface area contributed by atoms with Crippen LogP contribution in [-0.4, -0.2) is 62.7 Å². The molecule has 2 bridgehead atoms. The fraction of sp³-hybridized carbons (Fsp3) is 0.500. The predicted molar refractivity (Wildman–Crippen MR) is 144 cm³/mol. The zero-order valence-electron chi connectivity index (χ0n) is 21.2. The number of nitrogens with zero attached hydrogens (tertiary/aromatic N) is 1. The maximum atomic E-state index is 13.7. The molecule has 3 heterocycles. The zero-order valence-corrected chi connectivity index (χ0v) is 22.7. The molecule has 3 saturated heterocycles. The molecular formula is C28H33Cl2N3O4. The van der Waals surface area contributed by atoms with Gasteiger partial charge in [0.1, 0.15) is 6.04 Å². The average Bonchev–Trinajstić information content (AvgIpc) is 3.70. The first-order chi connectivity index (χ1) is 17.8. The molecule has 4 aliphatic rings. The Hall–Kier alpha value is -2.48. The predicted octanol–water partition coefficient (Wildman–Crippen LogP) is 3.98. The molecule has 3 aliphatic heterocycles. The van der Waals surface area contributed by atoms with Crippen LogP contribution in [0.1, 0.15) is 36.8 Å². The number of hydrogen-bond acceptors (Lipinski definition) is 5. The second-order valence-electron chi connectivity index (χ2n) is 10.4. The lowest BCUT2D eigenvalue weighted by molar-refractivity contribution is -0.131. The van der Waals surface area contributed by atoms with E-state index in [1.807, 2.05) is 24.3 Å². The highest BCUT2D eigenvalue weighted by atomic mass is 35.5. The van der Waals surface area contributed by atoms with E-state index in [-0.39, 0.29) is 17.9 Å². The molecule has 7 nitrogen and oxygen atoms in total. The van der Waals surface area contributed by atoms with Crippen LogP contribution in [0.3, 0.4) is 0 Å². The molecule has 2 atom stereocenters. The van der Waals surface area contributed by atoms with Gasteiger partial charge in [0.05, 0.1) is 19.6 Å². The van der Waals surface area contributed by atoms with Gasteiger partial charge >= 0.3 is 0 Å². The summed E-state index contributed by atoms with van der Waals surface area (Å²) in [7, 11) is 3.16. The van der Waals surface area contributed by atoms with Crippen LogP contribution in [0.4, 0.5) is 0 Å². The molecule has 2 aromatic rings. The van der Waals surface area contributed by atoms with Crippen LogP contribution in [0.2, 0.25) is 10.0 Å². The topological polar surface area (TPSA) is 79.9 Å². The van der Waals surface area contributed by atoms with E-state index in [9.17, 15) is 9.59 Å². The highest BCUT2D eigenvalue weighted by molar-refractivity contribution is 6.35. The van der Waals surface area contributed by atoms with Crippen molar-refractivity contribution >= 4 is 35.0 Å². The van der Waals surface area contributed by atoms with Gasteiger partial charge in [-0.1, -0.05) is 35.3 Å². The van der Waals surface area contributed by atoms with Crippen LogP contribution >= 0.6 is 23.2 Å². The Kier molecular flexibility index (Phi) is 7.57. The Morgan fingerprint density at radius 1 is 1.05 bits per heavy atom. The third kappa shape index (κ3) is 5.40. The van der Waals surface area contributed by atoms with E-state index in [2.05, 4.69) is 15.5 Å². The average molecular weight is 546 g/mol. The van der Waals surface area contributed by atoms with Crippen molar-refractivity contribution in [1.82, 2.24) is 15.5 Å². The van der Waals surface area contributed by atoms with Crippen LogP contribution in [0.5, 0.6) is 11.5 Å². The number of piperidine rings is 3.